The molecule has 0 heterocycles. The molecule has 6 heteroatoms. The molecule has 0 aliphatic carbocycles. The van der Waals surface area contributed by atoms with Gasteiger partial charge in [-0.3, -0.25) is 0 Å². The van der Waals surface area contributed by atoms with Crippen molar-refractivity contribution < 1.29 is 30.0 Å². The summed E-state index contributed by atoms with van der Waals surface area (Å²) in [6, 6.07) is 29.6. The summed E-state index contributed by atoms with van der Waals surface area (Å²) in [5.74, 6) is 0. The van der Waals surface area contributed by atoms with Crippen LogP contribution in [0.3, 0.4) is 0 Å². The fourth-order valence-corrected chi connectivity index (χ4v) is 2.22. The van der Waals surface area contributed by atoms with E-state index in [1.807, 2.05) is 0 Å². The first-order valence-corrected chi connectivity index (χ1v) is 7.45. The van der Waals surface area contributed by atoms with Crippen molar-refractivity contribution in [1.29, 1.82) is 0 Å². The molecule has 3 aromatic carbocycles. The van der Waals surface area contributed by atoms with Gasteiger partial charge in [0, 0.05) is 0 Å². The van der Waals surface area contributed by atoms with Crippen molar-refractivity contribution in [3.8, 4) is 22.3 Å². The van der Waals surface area contributed by atoms with Gasteiger partial charge in [-0.2, -0.15) is 0 Å². The predicted octanol–water partition coefficient (Wildman–Crippen LogP) is 5.47. The van der Waals surface area contributed by atoms with Crippen LogP contribution in [-0.2, 0) is 0 Å². The molecule has 0 saturated heterocycles. The Hall–Kier alpha value is -3.80. The van der Waals surface area contributed by atoms with Crippen LogP contribution in [0.2, 0.25) is 0 Å². The molecule has 0 atom stereocenters. The van der Waals surface area contributed by atoms with Gasteiger partial charge in [-0.1, -0.05) is 84.9 Å². The van der Waals surface area contributed by atoms with Crippen LogP contribution < -0.4 is 0 Å². The summed E-state index contributed by atoms with van der Waals surface area (Å²) in [7, 11) is 0. The fraction of sp³-hybridized carbons (Fsp3) is 0. The number of hydrogen-bond acceptors (Lipinski definition) is 2. The molecule has 26 heavy (non-hydrogen) atoms. The second kappa shape index (κ2) is 10.9. The third kappa shape index (κ3) is 7.65. The van der Waals surface area contributed by atoms with Crippen molar-refractivity contribution in [2.45, 2.75) is 0 Å². The van der Waals surface area contributed by atoms with Crippen LogP contribution in [0.4, 0.5) is 9.59 Å². The maximum absolute atomic E-state index is 8.56. The quantitative estimate of drug-likeness (QED) is 0.485. The van der Waals surface area contributed by atoms with Crippen molar-refractivity contribution in [3.63, 3.8) is 0 Å². The van der Waals surface area contributed by atoms with Crippen LogP contribution >= 0.6 is 0 Å². The number of hydrogen-bond donors (Lipinski definition) is 4. The van der Waals surface area contributed by atoms with Crippen molar-refractivity contribution in [1.82, 2.24) is 0 Å². The maximum atomic E-state index is 8.56. The zero-order valence-electron chi connectivity index (χ0n) is 13.7. The monoisotopic (exact) mass is 354 g/mol. The Morgan fingerprint density at radius 3 is 0.962 bits per heavy atom. The number of carbonyl (C=O) groups is 2. The van der Waals surface area contributed by atoms with E-state index in [0.29, 0.717) is 0 Å². The Morgan fingerprint density at radius 1 is 0.462 bits per heavy atom. The highest BCUT2D eigenvalue weighted by Crippen LogP contribution is 2.31. The minimum absolute atomic E-state index is 1.26. The molecule has 0 bridgehead atoms. The third-order valence-electron chi connectivity index (χ3n) is 3.10. The summed E-state index contributed by atoms with van der Waals surface area (Å²) in [4.78, 5) is 17.1. The molecule has 3 rings (SSSR count). The number of rotatable bonds is 2. The van der Waals surface area contributed by atoms with Crippen LogP contribution in [0.25, 0.3) is 22.3 Å². The first-order valence-electron chi connectivity index (χ1n) is 7.45. The highest BCUT2D eigenvalue weighted by atomic mass is 16.6. The largest absolute Gasteiger partial charge is 0.503 e. The number of carboxylic acid groups (broad SMARTS) is 4. The lowest BCUT2D eigenvalue weighted by atomic mass is 9.95. The smallest absolute Gasteiger partial charge is 0.450 e. The van der Waals surface area contributed by atoms with Gasteiger partial charge in [0.25, 0.3) is 0 Å². The Balaban J connectivity index is 0.000000360. The maximum Gasteiger partial charge on any atom is 0.503 e. The average Bonchev–Trinajstić information content (AvgIpc) is 2.62. The lowest BCUT2D eigenvalue weighted by molar-refractivity contribution is 0.135. The van der Waals surface area contributed by atoms with Gasteiger partial charge in [0.2, 0.25) is 0 Å². The fourth-order valence-electron chi connectivity index (χ4n) is 2.22. The van der Waals surface area contributed by atoms with Crippen LogP contribution in [0.1, 0.15) is 0 Å². The van der Waals surface area contributed by atoms with E-state index in [2.05, 4.69) is 84.9 Å². The molecule has 0 unspecified atom stereocenters. The Bertz CT molecular complexity index is 737. The van der Waals surface area contributed by atoms with Gasteiger partial charge in [-0.05, 0) is 22.3 Å². The average molecular weight is 354 g/mol. The van der Waals surface area contributed by atoms with Gasteiger partial charge in [-0.25, -0.2) is 9.59 Å². The molecule has 0 aromatic heterocycles. The van der Waals surface area contributed by atoms with Gasteiger partial charge in [0.05, 0.1) is 0 Å². The van der Waals surface area contributed by atoms with Gasteiger partial charge in [-0.15, -0.1) is 0 Å². The van der Waals surface area contributed by atoms with E-state index < -0.39 is 12.3 Å². The highest BCUT2D eigenvalue weighted by molar-refractivity contribution is 5.83. The van der Waals surface area contributed by atoms with Crippen molar-refractivity contribution >= 4 is 12.3 Å². The van der Waals surface area contributed by atoms with E-state index >= 15 is 0 Å². The molecule has 3 aromatic rings. The second-order valence-electron chi connectivity index (χ2n) is 4.84. The number of benzene rings is 3. The zero-order chi connectivity index (χ0) is 19.4. The predicted molar refractivity (Wildman–Crippen MR) is 98.6 cm³/mol. The van der Waals surface area contributed by atoms with Crippen molar-refractivity contribution in [2.75, 3.05) is 0 Å². The van der Waals surface area contributed by atoms with Gasteiger partial charge in [0.15, 0.2) is 0 Å². The summed E-state index contributed by atoms with van der Waals surface area (Å²) in [6.07, 6.45) is -3.67. The van der Waals surface area contributed by atoms with Gasteiger partial charge < -0.3 is 20.4 Å². The summed E-state index contributed by atoms with van der Waals surface area (Å²) < 4.78 is 0. The molecular weight excluding hydrogens is 336 g/mol. The van der Waals surface area contributed by atoms with Crippen molar-refractivity contribution in [3.05, 3.63) is 84.9 Å². The molecule has 0 aliphatic heterocycles. The minimum Gasteiger partial charge on any atom is -0.450 e. The Kier molecular flexibility index (Phi) is 8.47. The van der Waals surface area contributed by atoms with Gasteiger partial charge in [0.1, 0.15) is 0 Å². The lowest BCUT2D eigenvalue weighted by Crippen LogP contribution is -1.83. The minimum atomic E-state index is -1.83. The van der Waals surface area contributed by atoms with Crippen LogP contribution in [0, 0.1) is 0 Å². The zero-order valence-corrected chi connectivity index (χ0v) is 13.7. The van der Waals surface area contributed by atoms with Crippen molar-refractivity contribution in [2.24, 2.45) is 0 Å². The lowest BCUT2D eigenvalue weighted by Gasteiger charge is -2.09. The van der Waals surface area contributed by atoms with Crippen LogP contribution in [0.15, 0.2) is 84.9 Å². The van der Waals surface area contributed by atoms with E-state index in [-0.39, 0.29) is 0 Å². The molecular formula is C20H18O6. The van der Waals surface area contributed by atoms with E-state index in [9.17, 15) is 0 Å². The first kappa shape index (κ1) is 20.2. The Morgan fingerprint density at radius 2 is 0.692 bits per heavy atom. The first-order chi connectivity index (χ1) is 12.4. The normalized spacial score (nSPS) is 8.92. The molecule has 4 N–H and O–H groups in total. The molecule has 6 nitrogen and oxygen atoms in total. The molecule has 0 spiro atoms. The SMILES string of the molecule is O=C(O)O.O=C(O)O.c1ccc(-c2ccccc2-c2ccccc2)cc1. The van der Waals surface area contributed by atoms with E-state index in [1.165, 1.54) is 22.3 Å². The standard InChI is InChI=1S/C18H14.2CH2O3/c1-3-9-15(10-4-1)17-13-7-8-14-18(17)16-11-5-2-6-12-16;2*2-1(3)4/h1-14H;2*(H2,2,3,4). The second-order valence-corrected chi connectivity index (χ2v) is 4.84. The molecule has 0 saturated carbocycles. The molecule has 134 valence electrons. The highest BCUT2D eigenvalue weighted by Gasteiger charge is 2.05. The van der Waals surface area contributed by atoms with Crippen LogP contribution in [0.5, 0.6) is 0 Å². The van der Waals surface area contributed by atoms with Crippen LogP contribution in [-0.4, -0.2) is 32.7 Å². The van der Waals surface area contributed by atoms with E-state index in [1.54, 1.807) is 0 Å². The molecule has 0 radical (unpaired) electrons. The van der Waals surface area contributed by atoms with Gasteiger partial charge >= 0.3 is 12.3 Å². The summed E-state index contributed by atoms with van der Waals surface area (Å²) >= 11 is 0. The summed E-state index contributed by atoms with van der Waals surface area (Å²) in [5, 5.41) is 27.9. The molecule has 0 fully saturated rings. The van der Waals surface area contributed by atoms with E-state index in [4.69, 9.17) is 30.0 Å². The topological polar surface area (TPSA) is 115 Å². The summed E-state index contributed by atoms with van der Waals surface area (Å²) in [5.41, 5.74) is 5.09. The summed E-state index contributed by atoms with van der Waals surface area (Å²) in [6.45, 7) is 0. The Labute approximate surface area is 150 Å². The molecule has 0 amide bonds. The molecule has 0 aliphatic rings. The van der Waals surface area contributed by atoms with E-state index in [0.717, 1.165) is 0 Å². The third-order valence-corrected chi connectivity index (χ3v) is 3.10.